The highest BCUT2D eigenvalue weighted by atomic mass is 15.1. The average molecular weight is 238 g/mol. The molecule has 3 rings (SSSR count). The Bertz CT molecular complexity index is 683. The van der Waals surface area contributed by atoms with E-state index in [4.69, 9.17) is 5.73 Å². The van der Waals surface area contributed by atoms with Crippen molar-refractivity contribution in [1.82, 2.24) is 14.4 Å². The van der Waals surface area contributed by atoms with Crippen LogP contribution in [-0.2, 0) is 6.54 Å². The van der Waals surface area contributed by atoms with Crippen LogP contribution in [0.25, 0.3) is 16.9 Å². The summed E-state index contributed by atoms with van der Waals surface area (Å²) in [5.74, 6) is 0.686. The molecule has 3 aromatic rings. The molecule has 0 aliphatic heterocycles. The fraction of sp³-hybridized carbons (Fsp3) is 0.143. The van der Waals surface area contributed by atoms with Gasteiger partial charge in [-0.25, -0.2) is 9.97 Å². The molecule has 2 aromatic heterocycles. The minimum absolute atomic E-state index is 0.434. The number of rotatable bonds is 2. The SMILES string of the molecule is Cc1ccc(-c2cnc3nc(CN)cn3c2)cc1. The van der Waals surface area contributed by atoms with Gasteiger partial charge < -0.3 is 5.73 Å². The van der Waals surface area contributed by atoms with Gasteiger partial charge in [0.25, 0.3) is 0 Å². The zero-order valence-electron chi connectivity index (χ0n) is 10.2. The summed E-state index contributed by atoms with van der Waals surface area (Å²) >= 11 is 0. The summed E-state index contributed by atoms with van der Waals surface area (Å²) in [6, 6.07) is 8.38. The third-order valence-electron chi connectivity index (χ3n) is 2.95. The fourth-order valence-electron chi connectivity index (χ4n) is 1.93. The van der Waals surface area contributed by atoms with Gasteiger partial charge in [-0.05, 0) is 12.5 Å². The molecule has 0 saturated heterocycles. The minimum Gasteiger partial charge on any atom is -0.325 e. The summed E-state index contributed by atoms with van der Waals surface area (Å²) in [7, 11) is 0. The normalized spacial score (nSPS) is 11.0. The summed E-state index contributed by atoms with van der Waals surface area (Å²) in [5, 5.41) is 0. The number of imidazole rings is 1. The van der Waals surface area contributed by atoms with Crippen molar-refractivity contribution in [3.63, 3.8) is 0 Å². The van der Waals surface area contributed by atoms with Crippen molar-refractivity contribution in [2.75, 3.05) is 0 Å². The van der Waals surface area contributed by atoms with Gasteiger partial charge in [-0.15, -0.1) is 0 Å². The Balaban J connectivity index is 2.09. The van der Waals surface area contributed by atoms with Crippen LogP contribution in [0.15, 0.2) is 42.9 Å². The Hall–Kier alpha value is -2.20. The van der Waals surface area contributed by atoms with Crippen molar-refractivity contribution in [1.29, 1.82) is 0 Å². The summed E-state index contributed by atoms with van der Waals surface area (Å²) in [6.07, 6.45) is 5.78. The molecule has 0 spiro atoms. The molecule has 90 valence electrons. The predicted octanol–water partition coefficient (Wildman–Crippen LogP) is 2.16. The van der Waals surface area contributed by atoms with Crippen LogP contribution >= 0.6 is 0 Å². The Morgan fingerprint density at radius 2 is 1.89 bits per heavy atom. The quantitative estimate of drug-likeness (QED) is 0.744. The standard InChI is InChI=1S/C14H14N4/c1-10-2-4-11(5-3-10)12-7-16-14-17-13(6-15)9-18(14)8-12/h2-5,7-9H,6,15H2,1H3. The largest absolute Gasteiger partial charge is 0.325 e. The predicted molar refractivity (Wildman–Crippen MR) is 71.1 cm³/mol. The van der Waals surface area contributed by atoms with E-state index in [1.807, 2.05) is 23.0 Å². The van der Waals surface area contributed by atoms with Crippen LogP contribution in [0.3, 0.4) is 0 Å². The lowest BCUT2D eigenvalue weighted by Gasteiger charge is -2.02. The Morgan fingerprint density at radius 3 is 2.61 bits per heavy atom. The zero-order valence-corrected chi connectivity index (χ0v) is 10.2. The highest BCUT2D eigenvalue weighted by molar-refractivity contribution is 5.62. The zero-order chi connectivity index (χ0) is 12.5. The number of aromatic nitrogens is 3. The molecular weight excluding hydrogens is 224 g/mol. The Kier molecular flexibility index (Phi) is 2.57. The maximum atomic E-state index is 5.58. The van der Waals surface area contributed by atoms with Crippen molar-refractivity contribution in [2.45, 2.75) is 13.5 Å². The Labute approximate surface area is 105 Å². The second-order valence-corrected chi connectivity index (χ2v) is 4.35. The molecule has 2 N–H and O–H groups in total. The first-order valence-electron chi connectivity index (χ1n) is 5.87. The van der Waals surface area contributed by atoms with E-state index in [9.17, 15) is 0 Å². The summed E-state index contributed by atoms with van der Waals surface area (Å²) in [6.45, 7) is 2.51. The van der Waals surface area contributed by atoms with Crippen molar-refractivity contribution in [2.24, 2.45) is 5.73 Å². The van der Waals surface area contributed by atoms with E-state index in [1.165, 1.54) is 5.56 Å². The van der Waals surface area contributed by atoms with Crippen LogP contribution in [-0.4, -0.2) is 14.4 Å². The molecule has 0 atom stereocenters. The molecule has 0 bridgehead atoms. The van der Waals surface area contributed by atoms with Gasteiger partial charge in [-0.3, -0.25) is 4.40 Å². The number of nitrogens with zero attached hydrogens (tertiary/aromatic N) is 3. The third-order valence-corrected chi connectivity index (χ3v) is 2.95. The van der Waals surface area contributed by atoms with E-state index in [-0.39, 0.29) is 0 Å². The van der Waals surface area contributed by atoms with Crippen LogP contribution in [0, 0.1) is 6.92 Å². The molecule has 18 heavy (non-hydrogen) atoms. The molecule has 0 aliphatic carbocycles. The molecule has 4 heteroatoms. The van der Waals surface area contributed by atoms with Gasteiger partial charge in [0.1, 0.15) is 0 Å². The number of benzene rings is 1. The molecule has 0 aliphatic rings. The molecular formula is C14H14N4. The third kappa shape index (κ3) is 1.87. The van der Waals surface area contributed by atoms with Gasteiger partial charge in [0.05, 0.1) is 5.69 Å². The first kappa shape index (κ1) is 10.9. The number of hydrogen-bond acceptors (Lipinski definition) is 3. The van der Waals surface area contributed by atoms with Crippen molar-refractivity contribution < 1.29 is 0 Å². The van der Waals surface area contributed by atoms with Crippen LogP contribution in [0.2, 0.25) is 0 Å². The average Bonchev–Trinajstić information content (AvgIpc) is 2.81. The number of hydrogen-bond donors (Lipinski definition) is 1. The second-order valence-electron chi connectivity index (χ2n) is 4.35. The summed E-state index contributed by atoms with van der Waals surface area (Å²) in [4.78, 5) is 8.65. The molecule has 0 radical (unpaired) electrons. The molecule has 4 nitrogen and oxygen atoms in total. The fourth-order valence-corrected chi connectivity index (χ4v) is 1.93. The van der Waals surface area contributed by atoms with Crippen LogP contribution in [0.4, 0.5) is 0 Å². The van der Waals surface area contributed by atoms with Crippen molar-refractivity contribution in [3.05, 3.63) is 54.1 Å². The van der Waals surface area contributed by atoms with E-state index >= 15 is 0 Å². The summed E-state index contributed by atoms with van der Waals surface area (Å²) in [5.41, 5.74) is 9.90. The van der Waals surface area contributed by atoms with Crippen molar-refractivity contribution in [3.8, 4) is 11.1 Å². The lowest BCUT2D eigenvalue weighted by molar-refractivity contribution is 1.01. The second kappa shape index (κ2) is 4.23. The van der Waals surface area contributed by atoms with Crippen LogP contribution in [0.1, 0.15) is 11.3 Å². The van der Waals surface area contributed by atoms with Crippen LogP contribution in [0.5, 0.6) is 0 Å². The first-order chi connectivity index (χ1) is 8.76. The molecule has 0 unspecified atom stereocenters. The maximum absolute atomic E-state index is 5.58. The topological polar surface area (TPSA) is 56.2 Å². The van der Waals surface area contributed by atoms with Gasteiger partial charge >= 0.3 is 0 Å². The summed E-state index contributed by atoms with van der Waals surface area (Å²) < 4.78 is 1.91. The van der Waals surface area contributed by atoms with Gasteiger partial charge in [0, 0.05) is 30.7 Å². The molecule has 0 fully saturated rings. The van der Waals surface area contributed by atoms with Gasteiger partial charge in [-0.2, -0.15) is 0 Å². The molecule has 2 heterocycles. The monoisotopic (exact) mass is 238 g/mol. The van der Waals surface area contributed by atoms with Crippen molar-refractivity contribution >= 4 is 5.78 Å². The highest BCUT2D eigenvalue weighted by Crippen LogP contribution is 2.19. The molecule has 0 saturated carbocycles. The molecule has 0 amide bonds. The lowest BCUT2D eigenvalue weighted by atomic mass is 10.1. The lowest BCUT2D eigenvalue weighted by Crippen LogP contribution is -1.95. The van der Waals surface area contributed by atoms with Gasteiger partial charge in [0.15, 0.2) is 0 Å². The van der Waals surface area contributed by atoms with Gasteiger partial charge in [0.2, 0.25) is 5.78 Å². The first-order valence-corrected chi connectivity index (χ1v) is 5.87. The highest BCUT2D eigenvalue weighted by Gasteiger charge is 2.03. The van der Waals surface area contributed by atoms with E-state index in [0.29, 0.717) is 12.3 Å². The van der Waals surface area contributed by atoms with E-state index < -0.39 is 0 Å². The van der Waals surface area contributed by atoms with Crippen LogP contribution < -0.4 is 5.73 Å². The minimum atomic E-state index is 0.434. The Morgan fingerprint density at radius 1 is 1.11 bits per heavy atom. The van der Waals surface area contributed by atoms with Gasteiger partial charge in [-0.1, -0.05) is 29.8 Å². The van der Waals surface area contributed by atoms with E-state index in [1.54, 1.807) is 0 Å². The maximum Gasteiger partial charge on any atom is 0.233 e. The van der Waals surface area contributed by atoms with E-state index in [0.717, 1.165) is 16.8 Å². The molecule has 1 aromatic carbocycles. The van der Waals surface area contributed by atoms with E-state index in [2.05, 4.69) is 41.2 Å². The number of fused-ring (bicyclic) bond motifs is 1. The number of nitrogens with two attached hydrogens (primary N) is 1. The smallest absolute Gasteiger partial charge is 0.233 e. The number of aryl methyl sites for hydroxylation is 1.